The second-order valence-electron chi connectivity index (χ2n) is 4.56. The Morgan fingerprint density at radius 3 is 2.32 bits per heavy atom. The Morgan fingerprint density at radius 1 is 1.16 bits per heavy atom. The zero-order valence-corrected chi connectivity index (χ0v) is 11.7. The summed E-state index contributed by atoms with van der Waals surface area (Å²) in [5.74, 6) is 0.0391. The first-order valence-electron chi connectivity index (χ1n) is 6.26. The minimum absolute atomic E-state index is 0.0218. The van der Waals surface area contributed by atoms with Crippen molar-refractivity contribution in [3.63, 3.8) is 0 Å². The van der Waals surface area contributed by atoms with Crippen LogP contribution in [-0.2, 0) is 16.0 Å². The molecule has 5 nitrogen and oxygen atoms in total. The smallest absolute Gasteiger partial charge is 0.226 e. The first-order valence-corrected chi connectivity index (χ1v) is 6.26. The minimum atomic E-state index is -0.0218. The van der Waals surface area contributed by atoms with Crippen LogP contribution in [0.1, 0.15) is 12.0 Å². The number of rotatable bonds is 6. The van der Waals surface area contributed by atoms with E-state index in [1.54, 1.807) is 19.0 Å². The Bertz CT molecular complexity index is 427. The van der Waals surface area contributed by atoms with Gasteiger partial charge >= 0.3 is 0 Å². The highest BCUT2D eigenvalue weighted by Gasteiger charge is 2.06. The van der Waals surface area contributed by atoms with Gasteiger partial charge in [0.25, 0.3) is 0 Å². The SMILES string of the molecule is CNCCC(=O)Nc1ccc(CC(=O)N(C)C)cc1. The fourth-order valence-electron chi connectivity index (χ4n) is 1.50. The molecular weight excluding hydrogens is 242 g/mol. The molecule has 2 N–H and O–H groups in total. The highest BCUT2D eigenvalue weighted by molar-refractivity contribution is 5.90. The highest BCUT2D eigenvalue weighted by atomic mass is 16.2. The van der Waals surface area contributed by atoms with Crippen molar-refractivity contribution in [3.8, 4) is 0 Å². The van der Waals surface area contributed by atoms with E-state index < -0.39 is 0 Å². The molecule has 19 heavy (non-hydrogen) atoms. The molecule has 0 aromatic heterocycles. The van der Waals surface area contributed by atoms with Crippen LogP contribution in [0, 0.1) is 0 Å². The Balaban J connectivity index is 2.52. The topological polar surface area (TPSA) is 61.4 Å². The van der Waals surface area contributed by atoms with Crippen molar-refractivity contribution in [3.05, 3.63) is 29.8 Å². The molecule has 0 aliphatic heterocycles. The van der Waals surface area contributed by atoms with Crippen molar-refractivity contribution in [2.75, 3.05) is 33.0 Å². The Morgan fingerprint density at radius 2 is 1.79 bits per heavy atom. The van der Waals surface area contributed by atoms with Crippen molar-refractivity contribution in [2.24, 2.45) is 0 Å². The van der Waals surface area contributed by atoms with E-state index in [0.29, 0.717) is 19.4 Å². The Hall–Kier alpha value is -1.88. The molecule has 0 aliphatic carbocycles. The number of hydrogen-bond acceptors (Lipinski definition) is 3. The predicted molar refractivity (Wildman–Crippen MR) is 76.0 cm³/mol. The van der Waals surface area contributed by atoms with Gasteiger partial charge in [0.15, 0.2) is 0 Å². The van der Waals surface area contributed by atoms with Crippen LogP contribution in [0.5, 0.6) is 0 Å². The van der Waals surface area contributed by atoms with Gasteiger partial charge in [-0.2, -0.15) is 0 Å². The summed E-state index contributed by atoms with van der Waals surface area (Å²) >= 11 is 0. The van der Waals surface area contributed by atoms with Crippen LogP contribution < -0.4 is 10.6 Å². The van der Waals surface area contributed by atoms with Crippen LogP contribution in [-0.4, -0.2) is 44.4 Å². The highest BCUT2D eigenvalue weighted by Crippen LogP contribution is 2.10. The molecule has 0 heterocycles. The third-order valence-corrected chi connectivity index (χ3v) is 2.69. The number of benzene rings is 1. The van der Waals surface area contributed by atoms with Gasteiger partial charge in [-0.1, -0.05) is 12.1 Å². The van der Waals surface area contributed by atoms with E-state index in [9.17, 15) is 9.59 Å². The number of nitrogens with zero attached hydrogens (tertiary/aromatic N) is 1. The molecule has 1 aromatic carbocycles. The Kier molecular flexibility index (Phi) is 6.02. The molecule has 0 radical (unpaired) electrons. The van der Waals surface area contributed by atoms with Crippen LogP contribution in [0.15, 0.2) is 24.3 Å². The maximum absolute atomic E-state index is 11.5. The average Bonchev–Trinajstić information content (AvgIpc) is 2.38. The molecule has 1 rings (SSSR count). The van der Waals surface area contributed by atoms with Crippen molar-refractivity contribution in [1.29, 1.82) is 0 Å². The van der Waals surface area contributed by atoms with Gasteiger partial charge in [0, 0.05) is 32.7 Å². The van der Waals surface area contributed by atoms with Gasteiger partial charge in [-0.05, 0) is 24.7 Å². The number of carbonyl (C=O) groups is 2. The van der Waals surface area contributed by atoms with E-state index in [1.165, 1.54) is 0 Å². The second kappa shape index (κ2) is 7.53. The van der Waals surface area contributed by atoms with Crippen LogP contribution in [0.3, 0.4) is 0 Å². The third kappa shape index (κ3) is 5.52. The van der Waals surface area contributed by atoms with E-state index in [4.69, 9.17) is 0 Å². The summed E-state index contributed by atoms with van der Waals surface area (Å²) in [6.45, 7) is 0.654. The largest absolute Gasteiger partial charge is 0.349 e. The summed E-state index contributed by atoms with van der Waals surface area (Å²) in [6, 6.07) is 7.34. The molecule has 0 saturated carbocycles. The third-order valence-electron chi connectivity index (χ3n) is 2.69. The van der Waals surface area contributed by atoms with Crippen LogP contribution in [0.2, 0.25) is 0 Å². The van der Waals surface area contributed by atoms with Gasteiger partial charge < -0.3 is 15.5 Å². The van der Waals surface area contributed by atoms with E-state index in [-0.39, 0.29) is 11.8 Å². The molecule has 0 spiro atoms. The molecule has 104 valence electrons. The van der Waals surface area contributed by atoms with Gasteiger partial charge in [-0.25, -0.2) is 0 Å². The number of carbonyl (C=O) groups excluding carboxylic acids is 2. The second-order valence-corrected chi connectivity index (χ2v) is 4.56. The quantitative estimate of drug-likeness (QED) is 0.800. The zero-order valence-electron chi connectivity index (χ0n) is 11.7. The van der Waals surface area contributed by atoms with Gasteiger partial charge in [0.05, 0.1) is 6.42 Å². The normalized spacial score (nSPS) is 10.1. The van der Waals surface area contributed by atoms with Gasteiger partial charge in [-0.3, -0.25) is 9.59 Å². The fraction of sp³-hybridized carbons (Fsp3) is 0.429. The lowest BCUT2D eigenvalue weighted by molar-refractivity contribution is -0.128. The van der Waals surface area contributed by atoms with Crippen LogP contribution in [0.25, 0.3) is 0 Å². The lowest BCUT2D eigenvalue weighted by Gasteiger charge is -2.10. The predicted octanol–water partition coefficient (Wildman–Crippen LogP) is 0.865. The van der Waals surface area contributed by atoms with Crippen molar-refractivity contribution >= 4 is 17.5 Å². The number of likely N-dealkylation sites (N-methyl/N-ethyl adjacent to an activating group) is 1. The molecular formula is C14H21N3O2. The number of nitrogens with one attached hydrogen (secondary N) is 2. The van der Waals surface area contributed by atoms with E-state index in [2.05, 4.69) is 10.6 Å². The molecule has 0 bridgehead atoms. The van der Waals surface area contributed by atoms with Crippen LogP contribution in [0.4, 0.5) is 5.69 Å². The maximum atomic E-state index is 11.5. The molecule has 0 fully saturated rings. The zero-order chi connectivity index (χ0) is 14.3. The summed E-state index contributed by atoms with van der Waals surface area (Å²) in [5.41, 5.74) is 1.69. The van der Waals surface area contributed by atoms with Gasteiger partial charge in [-0.15, -0.1) is 0 Å². The van der Waals surface area contributed by atoms with E-state index in [0.717, 1.165) is 11.3 Å². The lowest BCUT2D eigenvalue weighted by Crippen LogP contribution is -2.23. The number of amides is 2. The van der Waals surface area contributed by atoms with Crippen LogP contribution >= 0.6 is 0 Å². The molecule has 0 aliphatic rings. The van der Waals surface area contributed by atoms with Crippen molar-refractivity contribution in [1.82, 2.24) is 10.2 Å². The Labute approximate surface area is 114 Å². The summed E-state index contributed by atoms with van der Waals surface area (Å²) in [6.07, 6.45) is 0.818. The molecule has 0 saturated heterocycles. The van der Waals surface area contributed by atoms with E-state index in [1.807, 2.05) is 31.3 Å². The summed E-state index contributed by atoms with van der Waals surface area (Å²) in [5, 5.41) is 5.73. The molecule has 0 atom stereocenters. The average molecular weight is 263 g/mol. The van der Waals surface area contributed by atoms with Crippen molar-refractivity contribution < 1.29 is 9.59 Å². The lowest BCUT2D eigenvalue weighted by atomic mass is 10.1. The fourth-order valence-corrected chi connectivity index (χ4v) is 1.50. The first-order chi connectivity index (χ1) is 9.02. The molecule has 5 heteroatoms. The molecule has 0 unspecified atom stereocenters. The van der Waals surface area contributed by atoms with Gasteiger partial charge in [0.1, 0.15) is 0 Å². The standard InChI is InChI=1S/C14H21N3O2/c1-15-9-8-13(18)16-12-6-4-11(5-7-12)10-14(19)17(2)3/h4-7,15H,8-10H2,1-3H3,(H,16,18). The first kappa shape index (κ1) is 15.2. The summed E-state index contributed by atoms with van der Waals surface area (Å²) in [7, 11) is 5.28. The minimum Gasteiger partial charge on any atom is -0.349 e. The monoisotopic (exact) mass is 263 g/mol. The maximum Gasteiger partial charge on any atom is 0.226 e. The molecule has 2 amide bonds. The number of hydrogen-bond donors (Lipinski definition) is 2. The summed E-state index contributed by atoms with van der Waals surface area (Å²) < 4.78 is 0. The summed E-state index contributed by atoms with van der Waals surface area (Å²) in [4.78, 5) is 24.6. The van der Waals surface area contributed by atoms with E-state index >= 15 is 0 Å². The molecule has 1 aromatic rings. The number of anilines is 1. The van der Waals surface area contributed by atoms with Gasteiger partial charge in [0.2, 0.25) is 11.8 Å². The van der Waals surface area contributed by atoms with Crippen molar-refractivity contribution in [2.45, 2.75) is 12.8 Å².